The maximum absolute atomic E-state index is 12.0. The van der Waals surface area contributed by atoms with Crippen molar-refractivity contribution in [1.82, 2.24) is 14.8 Å². The van der Waals surface area contributed by atoms with Crippen LogP contribution in [0.2, 0.25) is 0 Å². The molecule has 24 heavy (non-hydrogen) atoms. The van der Waals surface area contributed by atoms with Crippen LogP contribution in [0.25, 0.3) is 11.8 Å². The summed E-state index contributed by atoms with van der Waals surface area (Å²) in [5.41, 5.74) is 4.34. The number of hydrogen-bond donors (Lipinski definition) is 1. The monoisotopic (exact) mass is 338 g/mol. The Bertz CT molecular complexity index is 893. The molecule has 2 heterocycles. The molecule has 0 spiro atoms. The first-order chi connectivity index (χ1) is 11.5. The lowest BCUT2D eigenvalue weighted by Crippen LogP contribution is -2.07. The van der Waals surface area contributed by atoms with Crippen LogP contribution in [0.1, 0.15) is 22.0 Å². The third-order valence-corrected chi connectivity index (χ3v) is 4.41. The number of benzene rings is 1. The van der Waals surface area contributed by atoms with Gasteiger partial charge in [0.15, 0.2) is 0 Å². The quantitative estimate of drug-likeness (QED) is 0.734. The Kier molecular flexibility index (Phi) is 4.57. The Morgan fingerprint density at radius 3 is 2.58 bits per heavy atom. The second-order valence-corrected chi connectivity index (χ2v) is 6.63. The van der Waals surface area contributed by atoms with Gasteiger partial charge in [-0.25, -0.2) is 0 Å². The molecule has 0 saturated heterocycles. The molecule has 6 heteroatoms. The Hall–Kier alpha value is -2.73. The summed E-state index contributed by atoms with van der Waals surface area (Å²) in [5, 5.41) is 11.8. The van der Waals surface area contributed by atoms with E-state index in [-0.39, 0.29) is 5.91 Å². The smallest absolute Gasteiger partial charge is 0.250 e. The third-order valence-electron chi connectivity index (χ3n) is 3.66. The Morgan fingerprint density at radius 2 is 1.92 bits per heavy atom. The number of carbonyl (C=O) groups excluding carboxylic acids is 1. The standard InChI is InChI=1S/C18H18N4OS/c1-12-11-15(13(2)22(12)16-7-5-4-6-8-16)9-10-17(23)19-18-21-20-14(3)24-18/h4-11H,1-3H3,(H,19,21,23). The second-order valence-electron chi connectivity index (χ2n) is 5.45. The van der Waals surface area contributed by atoms with E-state index < -0.39 is 0 Å². The molecule has 0 bridgehead atoms. The van der Waals surface area contributed by atoms with Crippen LogP contribution < -0.4 is 5.32 Å². The lowest BCUT2D eigenvalue weighted by atomic mass is 10.2. The van der Waals surface area contributed by atoms with Crippen molar-refractivity contribution in [1.29, 1.82) is 0 Å². The highest BCUT2D eigenvalue weighted by Gasteiger charge is 2.09. The van der Waals surface area contributed by atoms with Gasteiger partial charge in [0.1, 0.15) is 5.01 Å². The maximum atomic E-state index is 12.0. The van der Waals surface area contributed by atoms with Crippen LogP contribution >= 0.6 is 11.3 Å². The zero-order valence-electron chi connectivity index (χ0n) is 13.8. The molecule has 5 nitrogen and oxygen atoms in total. The van der Waals surface area contributed by atoms with Crippen molar-refractivity contribution in [3.8, 4) is 5.69 Å². The SMILES string of the molecule is Cc1nnc(NC(=O)C=Cc2cc(C)n(-c3ccccc3)c2C)s1. The summed E-state index contributed by atoms with van der Waals surface area (Å²) in [6.45, 7) is 5.95. The highest BCUT2D eigenvalue weighted by molar-refractivity contribution is 7.15. The summed E-state index contributed by atoms with van der Waals surface area (Å²) in [4.78, 5) is 12.0. The molecule has 3 rings (SSSR count). The summed E-state index contributed by atoms with van der Waals surface area (Å²) in [6, 6.07) is 12.2. The van der Waals surface area contributed by atoms with Gasteiger partial charge in [0, 0.05) is 23.2 Å². The van der Waals surface area contributed by atoms with Crippen molar-refractivity contribution in [3.05, 3.63) is 64.4 Å². The molecule has 0 radical (unpaired) electrons. The van der Waals surface area contributed by atoms with Crippen molar-refractivity contribution < 1.29 is 4.79 Å². The second kappa shape index (κ2) is 6.80. The van der Waals surface area contributed by atoms with E-state index in [1.54, 1.807) is 0 Å². The van der Waals surface area contributed by atoms with Crippen LogP contribution in [0.15, 0.2) is 42.5 Å². The number of carbonyl (C=O) groups is 1. The highest BCUT2D eigenvalue weighted by atomic mass is 32.1. The van der Waals surface area contributed by atoms with Gasteiger partial charge in [-0.2, -0.15) is 0 Å². The maximum Gasteiger partial charge on any atom is 0.250 e. The summed E-state index contributed by atoms with van der Waals surface area (Å²) < 4.78 is 2.17. The largest absolute Gasteiger partial charge is 0.318 e. The predicted octanol–water partition coefficient (Wildman–Crippen LogP) is 3.91. The topological polar surface area (TPSA) is 59.8 Å². The number of para-hydroxylation sites is 1. The molecule has 0 aliphatic carbocycles. The molecular weight excluding hydrogens is 320 g/mol. The molecule has 1 amide bonds. The Labute approximate surface area is 144 Å². The molecule has 0 aliphatic heterocycles. The van der Waals surface area contributed by atoms with Crippen LogP contribution in [-0.4, -0.2) is 20.7 Å². The van der Waals surface area contributed by atoms with E-state index in [0.717, 1.165) is 27.6 Å². The van der Waals surface area contributed by atoms with Gasteiger partial charge in [0.2, 0.25) is 11.0 Å². The van der Waals surface area contributed by atoms with Crippen molar-refractivity contribution in [2.24, 2.45) is 0 Å². The van der Waals surface area contributed by atoms with Gasteiger partial charge in [-0.1, -0.05) is 29.5 Å². The number of hydrogen-bond acceptors (Lipinski definition) is 4. The molecule has 0 aliphatic rings. The fraction of sp³-hybridized carbons (Fsp3) is 0.167. The molecule has 1 N–H and O–H groups in total. The van der Waals surface area contributed by atoms with E-state index in [4.69, 9.17) is 0 Å². The zero-order chi connectivity index (χ0) is 17.1. The number of rotatable bonds is 4. The van der Waals surface area contributed by atoms with E-state index in [2.05, 4.69) is 45.2 Å². The predicted molar refractivity (Wildman–Crippen MR) is 97.6 cm³/mol. The van der Waals surface area contributed by atoms with Crippen LogP contribution in [0.4, 0.5) is 5.13 Å². The highest BCUT2D eigenvalue weighted by Crippen LogP contribution is 2.21. The van der Waals surface area contributed by atoms with Crippen molar-refractivity contribution in [2.75, 3.05) is 5.32 Å². The molecule has 0 unspecified atom stereocenters. The third kappa shape index (κ3) is 3.44. The summed E-state index contributed by atoms with van der Waals surface area (Å²) >= 11 is 1.35. The molecule has 0 atom stereocenters. The van der Waals surface area contributed by atoms with Crippen LogP contribution in [0.3, 0.4) is 0 Å². The molecule has 1 aromatic carbocycles. The summed E-state index contributed by atoms with van der Waals surface area (Å²) in [6.07, 6.45) is 3.35. The van der Waals surface area contributed by atoms with E-state index in [9.17, 15) is 4.79 Å². The number of nitrogens with one attached hydrogen (secondary N) is 1. The van der Waals surface area contributed by atoms with Gasteiger partial charge < -0.3 is 4.57 Å². The van der Waals surface area contributed by atoms with Gasteiger partial charge in [0.25, 0.3) is 0 Å². The average molecular weight is 338 g/mol. The molecular formula is C18H18N4OS. The van der Waals surface area contributed by atoms with E-state index in [0.29, 0.717) is 5.13 Å². The van der Waals surface area contributed by atoms with Gasteiger partial charge in [-0.05, 0) is 50.6 Å². The first-order valence-corrected chi connectivity index (χ1v) is 8.40. The average Bonchev–Trinajstić information content (AvgIpc) is 3.09. The van der Waals surface area contributed by atoms with E-state index in [1.807, 2.05) is 38.1 Å². The van der Waals surface area contributed by atoms with Gasteiger partial charge in [0.05, 0.1) is 0 Å². The Morgan fingerprint density at radius 1 is 1.17 bits per heavy atom. The fourth-order valence-corrected chi connectivity index (χ4v) is 3.19. The van der Waals surface area contributed by atoms with Crippen LogP contribution in [0.5, 0.6) is 0 Å². The van der Waals surface area contributed by atoms with Gasteiger partial charge in [-0.15, -0.1) is 10.2 Å². The molecule has 2 aromatic heterocycles. The zero-order valence-corrected chi connectivity index (χ0v) is 14.6. The lowest BCUT2D eigenvalue weighted by Gasteiger charge is -2.09. The van der Waals surface area contributed by atoms with Gasteiger partial charge >= 0.3 is 0 Å². The number of nitrogens with zero attached hydrogens (tertiary/aromatic N) is 3. The van der Waals surface area contributed by atoms with Gasteiger partial charge in [-0.3, -0.25) is 10.1 Å². The van der Waals surface area contributed by atoms with Crippen LogP contribution in [-0.2, 0) is 4.79 Å². The minimum atomic E-state index is -0.212. The summed E-state index contributed by atoms with van der Waals surface area (Å²) in [5.74, 6) is -0.212. The first kappa shape index (κ1) is 16.1. The first-order valence-electron chi connectivity index (χ1n) is 7.58. The van der Waals surface area contributed by atoms with E-state index in [1.165, 1.54) is 17.4 Å². The minimum absolute atomic E-state index is 0.212. The van der Waals surface area contributed by atoms with Crippen LogP contribution in [0, 0.1) is 20.8 Å². The number of anilines is 1. The van der Waals surface area contributed by atoms with Crippen molar-refractivity contribution in [3.63, 3.8) is 0 Å². The normalized spacial score (nSPS) is 11.1. The fourth-order valence-electron chi connectivity index (χ4n) is 2.59. The molecule has 0 fully saturated rings. The number of aryl methyl sites for hydroxylation is 2. The number of amides is 1. The molecule has 3 aromatic rings. The number of aromatic nitrogens is 3. The minimum Gasteiger partial charge on any atom is -0.318 e. The van der Waals surface area contributed by atoms with E-state index >= 15 is 0 Å². The lowest BCUT2D eigenvalue weighted by molar-refractivity contribution is -0.111. The molecule has 122 valence electrons. The Balaban J connectivity index is 1.79. The summed E-state index contributed by atoms with van der Waals surface area (Å²) in [7, 11) is 0. The van der Waals surface area contributed by atoms with Crippen molar-refractivity contribution >= 4 is 28.5 Å². The van der Waals surface area contributed by atoms with Crippen molar-refractivity contribution in [2.45, 2.75) is 20.8 Å². The molecule has 0 saturated carbocycles.